The van der Waals surface area contributed by atoms with Crippen LogP contribution in [0.2, 0.25) is 0 Å². The summed E-state index contributed by atoms with van der Waals surface area (Å²) in [6, 6.07) is 2.80. The summed E-state index contributed by atoms with van der Waals surface area (Å²) in [5, 5.41) is 3.54. The lowest BCUT2D eigenvalue weighted by Crippen LogP contribution is -2.36. The van der Waals surface area contributed by atoms with Gasteiger partial charge >= 0.3 is 0 Å². The fourth-order valence-electron chi connectivity index (χ4n) is 3.45. The molecular weight excluding hydrogens is 262 g/mol. The molecule has 2 unspecified atom stereocenters. The molecule has 0 amide bonds. The number of aryl methyl sites for hydroxylation is 1. The molecular formula is C17H27N3O. The van der Waals surface area contributed by atoms with E-state index in [1.165, 1.54) is 25.7 Å². The largest absolute Gasteiger partial charge is 0.370 e. The molecule has 4 heteroatoms. The van der Waals surface area contributed by atoms with E-state index < -0.39 is 0 Å². The molecule has 1 heterocycles. The Morgan fingerprint density at radius 3 is 2.81 bits per heavy atom. The molecule has 2 saturated carbocycles. The second kappa shape index (κ2) is 6.01. The van der Waals surface area contributed by atoms with Gasteiger partial charge in [0.15, 0.2) is 5.82 Å². The monoisotopic (exact) mass is 289 g/mol. The molecule has 0 saturated heterocycles. The molecule has 1 aromatic rings. The van der Waals surface area contributed by atoms with Gasteiger partial charge in [0.2, 0.25) is 0 Å². The van der Waals surface area contributed by atoms with Crippen molar-refractivity contribution in [1.82, 2.24) is 15.3 Å². The summed E-state index contributed by atoms with van der Waals surface area (Å²) in [6.07, 6.45) is 7.15. The normalized spacial score (nSPS) is 29.6. The van der Waals surface area contributed by atoms with Gasteiger partial charge in [-0.1, -0.05) is 13.3 Å². The molecule has 2 fully saturated rings. The van der Waals surface area contributed by atoms with Gasteiger partial charge in [0.1, 0.15) is 5.60 Å². The van der Waals surface area contributed by atoms with Crippen molar-refractivity contribution in [2.24, 2.45) is 5.92 Å². The molecule has 4 nitrogen and oxygen atoms in total. The summed E-state index contributed by atoms with van der Waals surface area (Å²) < 4.78 is 5.94. The van der Waals surface area contributed by atoms with Crippen LogP contribution in [0.3, 0.4) is 0 Å². The van der Waals surface area contributed by atoms with E-state index >= 15 is 0 Å². The summed E-state index contributed by atoms with van der Waals surface area (Å²) in [5.41, 5.74) is 1.86. The Hall–Kier alpha value is -1.00. The molecule has 116 valence electrons. The number of nitrogens with one attached hydrogen (secondary N) is 1. The van der Waals surface area contributed by atoms with Gasteiger partial charge in [-0.3, -0.25) is 0 Å². The zero-order chi connectivity index (χ0) is 14.9. The Morgan fingerprint density at radius 1 is 1.33 bits per heavy atom. The number of rotatable bonds is 5. The third-order valence-electron chi connectivity index (χ3n) is 4.81. The van der Waals surface area contributed by atoms with Gasteiger partial charge < -0.3 is 10.1 Å². The summed E-state index contributed by atoms with van der Waals surface area (Å²) in [6.45, 7) is 5.20. The standard InChI is InChI=1S/C17H27N3O/c1-12-5-4-8-17(10-12,21-3)16-19-13(2)9-15(20-16)11-18-14-6-7-14/h9,12,14,18H,4-8,10-11H2,1-3H3. The second-order valence-corrected chi connectivity index (χ2v) is 6.88. The number of hydrogen-bond acceptors (Lipinski definition) is 4. The van der Waals surface area contributed by atoms with Crippen LogP contribution in [0, 0.1) is 12.8 Å². The lowest BCUT2D eigenvalue weighted by Gasteiger charge is -2.37. The van der Waals surface area contributed by atoms with E-state index in [1.807, 2.05) is 7.11 Å². The fourth-order valence-corrected chi connectivity index (χ4v) is 3.45. The lowest BCUT2D eigenvalue weighted by atomic mass is 9.78. The number of aromatic nitrogens is 2. The van der Waals surface area contributed by atoms with Crippen molar-refractivity contribution in [2.45, 2.75) is 70.6 Å². The fraction of sp³-hybridized carbons (Fsp3) is 0.765. The number of hydrogen-bond donors (Lipinski definition) is 1. The van der Waals surface area contributed by atoms with E-state index in [4.69, 9.17) is 14.7 Å². The highest BCUT2D eigenvalue weighted by atomic mass is 16.5. The van der Waals surface area contributed by atoms with Gasteiger partial charge in [-0.2, -0.15) is 0 Å². The third-order valence-corrected chi connectivity index (χ3v) is 4.81. The predicted octanol–water partition coefficient (Wildman–Crippen LogP) is 3.09. The zero-order valence-electron chi connectivity index (χ0n) is 13.5. The molecule has 1 aromatic heterocycles. The zero-order valence-corrected chi connectivity index (χ0v) is 13.5. The molecule has 3 rings (SSSR count). The van der Waals surface area contributed by atoms with Crippen LogP contribution in [0.1, 0.15) is 62.7 Å². The maximum absolute atomic E-state index is 5.94. The minimum absolute atomic E-state index is 0.280. The average molecular weight is 289 g/mol. The van der Waals surface area contributed by atoms with Gasteiger partial charge in [-0.05, 0) is 51.0 Å². The number of ether oxygens (including phenoxy) is 1. The van der Waals surface area contributed by atoms with Crippen LogP contribution >= 0.6 is 0 Å². The van der Waals surface area contributed by atoms with Crippen LogP contribution < -0.4 is 5.32 Å². The topological polar surface area (TPSA) is 47.0 Å². The van der Waals surface area contributed by atoms with Gasteiger partial charge in [0.25, 0.3) is 0 Å². The van der Waals surface area contributed by atoms with Gasteiger partial charge in [0.05, 0.1) is 5.69 Å². The van der Waals surface area contributed by atoms with Gasteiger partial charge in [0, 0.05) is 25.4 Å². The number of nitrogens with zero attached hydrogens (tertiary/aromatic N) is 2. The minimum Gasteiger partial charge on any atom is -0.370 e. The first-order valence-corrected chi connectivity index (χ1v) is 8.25. The molecule has 0 bridgehead atoms. The highest BCUT2D eigenvalue weighted by Crippen LogP contribution is 2.41. The molecule has 0 spiro atoms. The first kappa shape index (κ1) is 14.9. The van der Waals surface area contributed by atoms with E-state index in [9.17, 15) is 0 Å². The maximum atomic E-state index is 5.94. The maximum Gasteiger partial charge on any atom is 0.160 e. The van der Waals surface area contributed by atoms with E-state index in [0.29, 0.717) is 12.0 Å². The van der Waals surface area contributed by atoms with Crippen LogP contribution in [-0.2, 0) is 16.9 Å². The molecule has 2 aliphatic rings. The van der Waals surface area contributed by atoms with Crippen molar-refractivity contribution in [3.05, 3.63) is 23.3 Å². The van der Waals surface area contributed by atoms with Crippen molar-refractivity contribution in [3.63, 3.8) is 0 Å². The van der Waals surface area contributed by atoms with Crippen molar-refractivity contribution < 1.29 is 4.74 Å². The van der Waals surface area contributed by atoms with Crippen LogP contribution in [0.25, 0.3) is 0 Å². The Morgan fingerprint density at radius 2 is 2.14 bits per heavy atom. The van der Waals surface area contributed by atoms with Crippen LogP contribution in [0.5, 0.6) is 0 Å². The molecule has 1 N–H and O–H groups in total. The summed E-state index contributed by atoms with van der Waals surface area (Å²) in [7, 11) is 1.81. The van der Waals surface area contributed by atoms with Crippen molar-refractivity contribution in [3.8, 4) is 0 Å². The number of methoxy groups -OCH3 is 1. The quantitative estimate of drug-likeness (QED) is 0.905. The minimum atomic E-state index is -0.280. The van der Waals surface area contributed by atoms with Gasteiger partial charge in [-0.25, -0.2) is 9.97 Å². The molecule has 21 heavy (non-hydrogen) atoms. The third kappa shape index (κ3) is 3.43. The summed E-state index contributed by atoms with van der Waals surface area (Å²) in [4.78, 5) is 9.55. The molecule has 2 atom stereocenters. The van der Waals surface area contributed by atoms with E-state index in [2.05, 4.69) is 25.2 Å². The smallest absolute Gasteiger partial charge is 0.160 e. The van der Waals surface area contributed by atoms with Gasteiger partial charge in [-0.15, -0.1) is 0 Å². The van der Waals surface area contributed by atoms with Crippen LogP contribution in [0.15, 0.2) is 6.07 Å². The lowest BCUT2D eigenvalue weighted by molar-refractivity contribution is -0.0648. The van der Waals surface area contributed by atoms with Crippen molar-refractivity contribution in [1.29, 1.82) is 0 Å². The van der Waals surface area contributed by atoms with Crippen LogP contribution in [-0.4, -0.2) is 23.1 Å². The molecule has 0 aliphatic heterocycles. The first-order chi connectivity index (χ1) is 10.1. The average Bonchev–Trinajstić information content (AvgIpc) is 3.28. The molecule has 0 radical (unpaired) electrons. The second-order valence-electron chi connectivity index (χ2n) is 6.88. The van der Waals surface area contributed by atoms with E-state index in [0.717, 1.165) is 36.6 Å². The van der Waals surface area contributed by atoms with E-state index in [-0.39, 0.29) is 5.60 Å². The van der Waals surface area contributed by atoms with Crippen LogP contribution in [0.4, 0.5) is 0 Å². The Bertz CT molecular complexity index is 501. The highest BCUT2D eigenvalue weighted by molar-refractivity contribution is 5.15. The van der Waals surface area contributed by atoms with Crippen molar-refractivity contribution >= 4 is 0 Å². The highest BCUT2D eigenvalue weighted by Gasteiger charge is 2.39. The Balaban J connectivity index is 1.84. The Labute approximate surface area is 127 Å². The Kier molecular flexibility index (Phi) is 4.27. The first-order valence-electron chi connectivity index (χ1n) is 8.25. The molecule has 2 aliphatic carbocycles. The summed E-state index contributed by atoms with van der Waals surface area (Å²) >= 11 is 0. The molecule has 0 aromatic carbocycles. The van der Waals surface area contributed by atoms with E-state index in [1.54, 1.807) is 0 Å². The SMILES string of the molecule is COC1(c2nc(C)cc(CNC3CC3)n2)CCCC(C)C1. The predicted molar refractivity (Wildman–Crippen MR) is 82.9 cm³/mol. The summed E-state index contributed by atoms with van der Waals surface area (Å²) in [5.74, 6) is 1.57. The van der Waals surface area contributed by atoms with Crippen molar-refractivity contribution in [2.75, 3.05) is 7.11 Å².